The van der Waals surface area contributed by atoms with E-state index in [-0.39, 0.29) is 29.9 Å². The maximum Gasteiger partial charge on any atom is 0.342 e. The van der Waals surface area contributed by atoms with Gasteiger partial charge in [-0.1, -0.05) is 30.9 Å². The molecule has 120 valence electrons. The highest BCUT2D eigenvalue weighted by atomic mass is 16.5. The Morgan fingerprint density at radius 3 is 2.64 bits per heavy atom. The quantitative estimate of drug-likeness (QED) is 0.868. The van der Waals surface area contributed by atoms with Gasteiger partial charge >= 0.3 is 5.97 Å². The SMILES string of the molecule is Cc1ccc(O)c(C(=O)OCC(=O)N(C)C2CCCCC2)c1. The van der Waals surface area contributed by atoms with Crippen molar-refractivity contribution in [1.29, 1.82) is 0 Å². The van der Waals surface area contributed by atoms with Crippen LogP contribution in [0.2, 0.25) is 0 Å². The van der Waals surface area contributed by atoms with Crippen LogP contribution in [0.25, 0.3) is 0 Å². The van der Waals surface area contributed by atoms with Gasteiger partial charge in [-0.05, 0) is 31.9 Å². The van der Waals surface area contributed by atoms with Crippen molar-refractivity contribution in [2.45, 2.75) is 45.1 Å². The first-order valence-corrected chi connectivity index (χ1v) is 7.71. The predicted octanol–water partition coefficient (Wildman–Crippen LogP) is 2.65. The summed E-state index contributed by atoms with van der Waals surface area (Å²) in [5.41, 5.74) is 0.934. The molecule has 1 saturated carbocycles. The number of esters is 1. The van der Waals surface area contributed by atoms with E-state index in [0.29, 0.717) is 0 Å². The Bertz CT molecular complexity index is 550. The van der Waals surface area contributed by atoms with E-state index >= 15 is 0 Å². The third-order valence-corrected chi connectivity index (χ3v) is 4.21. The molecular formula is C17H23NO4. The Morgan fingerprint density at radius 2 is 1.95 bits per heavy atom. The first kappa shape index (κ1) is 16.3. The Hall–Kier alpha value is -2.04. The van der Waals surface area contributed by atoms with Crippen molar-refractivity contribution in [3.63, 3.8) is 0 Å². The van der Waals surface area contributed by atoms with Crippen molar-refractivity contribution >= 4 is 11.9 Å². The van der Waals surface area contributed by atoms with Gasteiger partial charge in [-0.3, -0.25) is 4.79 Å². The van der Waals surface area contributed by atoms with Crippen LogP contribution in [-0.4, -0.2) is 41.6 Å². The molecule has 0 saturated heterocycles. The topological polar surface area (TPSA) is 66.8 Å². The number of amides is 1. The average Bonchev–Trinajstić information content (AvgIpc) is 2.54. The molecule has 0 aromatic heterocycles. The van der Waals surface area contributed by atoms with Gasteiger partial charge in [-0.2, -0.15) is 0 Å². The van der Waals surface area contributed by atoms with E-state index in [9.17, 15) is 14.7 Å². The fraction of sp³-hybridized carbons (Fsp3) is 0.529. The van der Waals surface area contributed by atoms with Crippen LogP contribution in [0.4, 0.5) is 0 Å². The van der Waals surface area contributed by atoms with Gasteiger partial charge in [0.15, 0.2) is 6.61 Å². The van der Waals surface area contributed by atoms with E-state index in [0.717, 1.165) is 31.2 Å². The molecule has 22 heavy (non-hydrogen) atoms. The van der Waals surface area contributed by atoms with Crippen molar-refractivity contribution in [2.75, 3.05) is 13.7 Å². The number of aromatic hydroxyl groups is 1. The Labute approximate surface area is 130 Å². The molecule has 1 aliphatic rings. The molecular weight excluding hydrogens is 282 g/mol. The number of rotatable bonds is 4. The number of hydrogen-bond donors (Lipinski definition) is 1. The monoisotopic (exact) mass is 305 g/mol. The normalized spacial score (nSPS) is 15.4. The number of phenols is 1. The van der Waals surface area contributed by atoms with Crippen LogP contribution in [0.3, 0.4) is 0 Å². The number of aryl methyl sites for hydroxylation is 1. The zero-order valence-electron chi connectivity index (χ0n) is 13.2. The molecule has 5 heteroatoms. The van der Waals surface area contributed by atoms with E-state index in [2.05, 4.69) is 0 Å². The third kappa shape index (κ3) is 4.00. The Morgan fingerprint density at radius 1 is 1.27 bits per heavy atom. The minimum absolute atomic E-state index is 0.0909. The standard InChI is InChI=1S/C17H23NO4/c1-12-8-9-15(19)14(10-12)17(21)22-11-16(20)18(2)13-6-4-3-5-7-13/h8-10,13,19H,3-7,11H2,1-2H3. The fourth-order valence-electron chi connectivity index (χ4n) is 2.79. The van der Waals surface area contributed by atoms with E-state index in [4.69, 9.17) is 4.74 Å². The number of nitrogens with zero attached hydrogens (tertiary/aromatic N) is 1. The molecule has 5 nitrogen and oxygen atoms in total. The molecule has 1 fully saturated rings. The Kier molecular flexibility index (Phi) is 5.41. The van der Waals surface area contributed by atoms with Crippen LogP contribution in [0.5, 0.6) is 5.75 Å². The van der Waals surface area contributed by atoms with Crippen molar-refractivity contribution in [2.24, 2.45) is 0 Å². The largest absolute Gasteiger partial charge is 0.507 e. The Balaban J connectivity index is 1.90. The van der Waals surface area contributed by atoms with Crippen molar-refractivity contribution in [1.82, 2.24) is 4.90 Å². The molecule has 1 aliphatic carbocycles. The van der Waals surface area contributed by atoms with Crippen LogP contribution in [0, 0.1) is 6.92 Å². The first-order chi connectivity index (χ1) is 10.5. The molecule has 1 amide bonds. The molecule has 1 aromatic carbocycles. The molecule has 0 spiro atoms. The average molecular weight is 305 g/mol. The van der Waals surface area contributed by atoms with Gasteiger partial charge in [0.1, 0.15) is 11.3 Å². The molecule has 0 atom stereocenters. The number of hydrogen-bond acceptors (Lipinski definition) is 4. The lowest BCUT2D eigenvalue weighted by Crippen LogP contribution is -2.40. The minimum Gasteiger partial charge on any atom is -0.507 e. The molecule has 0 heterocycles. The van der Waals surface area contributed by atoms with E-state index < -0.39 is 5.97 Å². The van der Waals surface area contributed by atoms with Gasteiger partial charge in [0, 0.05) is 13.1 Å². The molecule has 0 bridgehead atoms. The number of likely N-dealkylation sites (N-methyl/N-ethyl adjacent to an activating group) is 1. The minimum atomic E-state index is -0.674. The first-order valence-electron chi connectivity index (χ1n) is 7.71. The maximum absolute atomic E-state index is 12.1. The molecule has 0 unspecified atom stereocenters. The van der Waals surface area contributed by atoms with Crippen LogP contribution < -0.4 is 0 Å². The summed E-state index contributed by atoms with van der Waals surface area (Å²) < 4.78 is 5.05. The predicted molar refractivity (Wildman–Crippen MR) is 82.8 cm³/mol. The summed E-state index contributed by atoms with van der Waals surface area (Å²) in [4.78, 5) is 25.8. The second-order valence-electron chi connectivity index (χ2n) is 5.89. The van der Waals surface area contributed by atoms with Crippen molar-refractivity contribution in [3.05, 3.63) is 29.3 Å². The van der Waals surface area contributed by atoms with Crippen LogP contribution >= 0.6 is 0 Å². The summed E-state index contributed by atoms with van der Waals surface area (Å²) in [6.07, 6.45) is 5.52. The van der Waals surface area contributed by atoms with Gasteiger partial charge in [0.2, 0.25) is 0 Å². The summed E-state index contributed by atoms with van der Waals surface area (Å²) in [5, 5.41) is 9.69. The van der Waals surface area contributed by atoms with Gasteiger partial charge in [0.05, 0.1) is 0 Å². The highest BCUT2D eigenvalue weighted by Gasteiger charge is 2.23. The number of carbonyl (C=O) groups is 2. The lowest BCUT2D eigenvalue weighted by molar-refractivity contribution is -0.135. The second-order valence-corrected chi connectivity index (χ2v) is 5.89. The van der Waals surface area contributed by atoms with Gasteiger partial charge < -0.3 is 14.7 Å². The lowest BCUT2D eigenvalue weighted by Gasteiger charge is -2.31. The number of phenolic OH excluding ortho intramolecular Hbond substituents is 1. The summed E-state index contributed by atoms with van der Waals surface area (Å²) in [6.45, 7) is 1.53. The molecule has 1 N–H and O–H groups in total. The number of carbonyl (C=O) groups excluding carboxylic acids is 2. The fourth-order valence-corrected chi connectivity index (χ4v) is 2.79. The lowest BCUT2D eigenvalue weighted by atomic mass is 9.94. The van der Waals surface area contributed by atoms with Crippen molar-refractivity contribution in [3.8, 4) is 5.75 Å². The van der Waals surface area contributed by atoms with Gasteiger partial charge in [-0.25, -0.2) is 4.79 Å². The van der Waals surface area contributed by atoms with Crippen LogP contribution in [-0.2, 0) is 9.53 Å². The smallest absolute Gasteiger partial charge is 0.342 e. The molecule has 0 radical (unpaired) electrons. The summed E-state index contributed by atoms with van der Waals surface area (Å²) in [5.74, 6) is -1.01. The summed E-state index contributed by atoms with van der Waals surface area (Å²) in [7, 11) is 1.76. The zero-order chi connectivity index (χ0) is 16.1. The molecule has 2 rings (SSSR count). The van der Waals surface area contributed by atoms with E-state index in [1.807, 2.05) is 6.92 Å². The maximum atomic E-state index is 12.1. The highest BCUT2D eigenvalue weighted by molar-refractivity contribution is 5.94. The summed E-state index contributed by atoms with van der Waals surface area (Å²) >= 11 is 0. The second kappa shape index (κ2) is 7.29. The highest BCUT2D eigenvalue weighted by Crippen LogP contribution is 2.22. The number of benzene rings is 1. The van der Waals surface area contributed by atoms with Crippen molar-refractivity contribution < 1.29 is 19.4 Å². The molecule has 1 aromatic rings. The number of ether oxygens (including phenoxy) is 1. The van der Waals surface area contributed by atoms with Gasteiger partial charge in [0.25, 0.3) is 5.91 Å². The van der Waals surface area contributed by atoms with Crippen LogP contribution in [0.1, 0.15) is 48.0 Å². The van der Waals surface area contributed by atoms with E-state index in [1.165, 1.54) is 12.5 Å². The molecule has 0 aliphatic heterocycles. The van der Waals surface area contributed by atoms with Gasteiger partial charge in [-0.15, -0.1) is 0 Å². The third-order valence-electron chi connectivity index (χ3n) is 4.21. The van der Waals surface area contributed by atoms with Crippen LogP contribution in [0.15, 0.2) is 18.2 Å². The zero-order valence-corrected chi connectivity index (χ0v) is 13.2. The van der Waals surface area contributed by atoms with E-state index in [1.54, 1.807) is 24.1 Å². The summed E-state index contributed by atoms with van der Waals surface area (Å²) in [6, 6.07) is 4.94.